The van der Waals surface area contributed by atoms with E-state index in [0.717, 1.165) is 50.9 Å². The van der Waals surface area contributed by atoms with Crippen molar-refractivity contribution in [1.29, 1.82) is 0 Å². The van der Waals surface area contributed by atoms with Crippen molar-refractivity contribution in [2.45, 2.75) is 50.9 Å². The molecule has 8 nitrogen and oxygen atoms in total. The Balaban J connectivity index is 0.000000360. The first-order valence-electron chi connectivity index (χ1n) is 10.5. The summed E-state index contributed by atoms with van der Waals surface area (Å²) < 4.78 is 33.7. The van der Waals surface area contributed by atoms with E-state index in [1.54, 1.807) is 0 Å². The number of alkyl halides is 3. The number of hydrogen-bond donors (Lipinski definition) is 2. The minimum atomic E-state index is -5.08. The van der Waals surface area contributed by atoms with Crippen molar-refractivity contribution in [3.63, 3.8) is 0 Å². The first kappa shape index (κ1) is 23.7. The van der Waals surface area contributed by atoms with Crippen molar-refractivity contribution < 1.29 is 27.9 Å². The SMILES string of the molecule is NCc1cn(C2CCN(C(=O)C3CCc4ccccc4C3)CC2)nn1.O=C(O)C(F)(F)F. The van der Waals surface area contributed by atoms with E-state index in [4.69, 9.17) is 15.6 Å². The van der Waals surface area contributed by atoms with Crippen molar-refractivity contribution in [3.8, 4) is 0 Å². The molecule has 0 saturated carbocycles. The lowest BCUT2D eigenvalue weighted by molar-refractivity contribution is -0.192. The summed E-state index contributed by atoms with van der Waals surface area (Å²) >= 11 is 0. The number of nitrogens with two attached hydrogens (primary N) is 1. The Morgan fingerprint density at radius 2 is 1.75 bits per heavy atom. The van der Waals surface area contributed by atoms with Gasteiger partial charge in [0.1, 0.15) is 0 Å². The van der Waals surface area contributed by atoms with Crippen LogP contribution in [0.2, 0.25) is 0 Å². The molecular weight excluding hydrogens is 427 g/mol. The Bertz CT molecular complexity index is 939. The Kier molecular flexibility index (Phi) is 7.49. The van der Waals surface area contributed by atoms with E-state index in [1.165, 1.54) is 11.1 Å². The zero-order valence-corrected chi connectivity index (χ0v) is 17.5. The van der Waals surface area contributed by atoms with Crippen LogP contribution < -0.4 is 5.73 Å². The number of likely N-dealkylation sites (tertiary alicyclic amines) is 1. The number of carbonyl (C=O) groups is 2. The van der Waals surface area contributed by atoms with Gasteiger partial charge >= 0.3 is 12.1 Å². The number of benzene rings is 1. The van der Waals surface area contributed by atoms with Gasteiger partial charge in [0.15, 0.2) is 0 Å². The Morgan fingerprint density at radius 3 is 2.31 bits per heavy atom. The number of aromatic nitrogens is 3. The molecular formula is C21H26F3N5O3. The van der Waals surface area contributed by atoms with Crippen LogP contribution in [0.4, 0.5) is 13.2 Å². The van der Waals surface area contributed by atoms with Gasteiger partial charge in [0.2, 0.25) is 5.91 Å². The fourth-order valence-corrected chi connectivity index (χ4v) is 4.10. The number of carboxylic acid groups (broad SMARTS) is 1. The molecule has 1 aromatic carbocycles. The highest BCUT2D eigenvalue weighted by atomic mass is 19.4. The van der Waals surface area contributed by atoms with E-state index in [0.29, 0.717) is 18.5 Å². The number of hydrogen-bond acceptors (Lipinski definition) is 5. The number of piperidine rings is 1. The molecule has 0 spiro atoms. The second-order valence-corrected chi connectivity index (χ2v) is 7.96. The molecule has 1 saturated heterocycles. The summed E-state index contributed by atoms with van der Waals surface area (Å²) in [6.07, 6.45) is 1.59. The van der Waals surface area contributed by atoms with Gasteiger partial charge in [0.25, 0.3) is 0 Å². The van der Waals surface area contributed by atoms with Crippen molar-refractivity contribution >= 4 is 11.9 Å². The topological polar surface area (TPSA) is 114 Å². The Labute approximate surface area is 183 Å². The van der Waals surface area contributed by atoms with E-state index in [9.17, 15) is 18.0 Å². The van der Waals surface area contributed by atoms with Crippen LogP contribution in [0.25, 0.3) is 0 Å². The zero-order valence-electron chi connectivity index (χ0n) is 17.5. The van der Waals surface area contributed by atoms with Crippen LogP contribution in [-0.2, 0) is 29.0 Å². The lowest BCUT2D eigenvalue weighted by Gasteiger charge is -2.35. The van der Waals surface area contributed by atoms with Crippen LogP contribution in [0.5, 0.6) is 0 Å². The Hall–Kier alpha value is -2.95. The van der Waals surface area contributed by atoms with Crippen LogP contribution >= 0.6 is 0 Å². The van der Waals surface area contributed by atoms with E-state index in [2.05, 4.69) is 39.5 Å². The van der Waals surface area contributed by atoms with Gasteiger partial charge in [0, 0.05) is 25.6 Å². The van der Waals surface area contributed by atoms with Crippen LogP contribution in [0, 0.1) is 5.92 Å². The van der Waals surface area contributed by atoms with Crippen molar-refractivity contribution in [1.82, 2.24) is 19.9 Å². The average molecular weight is 453 g/mol. The summed E-state index contributed by atoms with van der Waals surface area (Å²) in [6, 6.07) is 8.84. The van der Waals surface area contributed by atoms with E-state index in [1.807, 2.05) is 10.9 Å². The molecule has 0 radical (unpaired) electrons. The number of fused-ring (bicyclic) bond motifs is 1. The monoisotopic (exact) mass is 453 g/mol. The number of carboxylic acids is 1. The molecule has 4 rings (SSSR count). The molecule has 1 aromatic heterocycles. The maximum absolute atomic E-state index is 12.9. The largest absolute Gasteiger partial charge is 0.490 e. The summed E-state index contributed by atoms with van der Waals surface area (Å²) in [5.74, 6) is -2.29. The smallest absolute Gasteiger partial charge is 0.475 e. The highest BCUT2D eigenvalue weighted by molar-refractivity contribution is 5.79. The van der Waals surface area contributed by atoms with E-state index >= 15 is 0 Å². The molecule has 1 aliphatic carbocycles. The summed E-state index contributed by atoms with van der Waals surface area (Å²) in [5, 5.41) is 15.4. The molecule has 2 heterocycles. The molecule has 11 heteroatoms. The number of aliphatic carboxylic acids is 1. The second kappa shape index (κ2) is 10.1. The van der Waals surface area contributed by atoms with E-state index in [-0.39, 0.29) is 5.92 Å². The molecule has 174 valence electrons. The predicted molar refractivity (Wildman–Crippen MR) is 108 cm³/mol. The van der Waals surface area contributed by atoms with Crippen LogP contribution in [-0.4, -0.2) is 56.1 Å². The third-order valence-corrected chi connectivity index (χ3v) is 5.86. The standard InChI is InChI=1S/C19H25N5O.C2HF3O2/c20-12-17-13-24(22-21-17)18-7-9-23(10-8-18)19(25)16-6-5-14-3-1-2-4-15(14)11-16;3-2(4,5)1(6)7/h1-4,13,16,18H,5-12,20H2;(H,6,7). The molecule has 3 N–H and O–H groups in total. The fraction of sp³-hybridized carbons (Fsp3) is 0.524. The predicted octanol–water partition coefficient (Wildman–Crippen LogP) is 2.34. The molecule has 1 amide bonds. The first-order valence-corrected chi connectivity index (χ1v) is 10.5. The number of carbonyl (C=O) groups excluding carboxylic acids is 1. The number of nitrogens with zero attached hydrogens (tertiary/aromatic N) is 4. The zero-order chi connectivity index (χ0) is 23.3. The van der Waals surface area contributed by atoms with Gasteiger partial charge in [-0.1, -0.05) is 29.5 Å². The van der Waals surface area contributed by atoms with E-state index < -0.39 is 12.1 Å². The average Bonchev–Trinajstić information content (AvgIpc) is 3.27. The summed E-state index contributed by atoms with van der Waals surface area (Å²) in [4.78, 5) is 23.9. The molecule has 2 aromatic rings. The van der Waals surface area contributed by atoms with Crippen molar-refractivity contribution in [2.75, 3.05) is 13.1 Å². The maximum Gasteiger partial charge on any atom is 0.490 e. The lowest BCUT2D eigenvalue weighted by atomic mass is 9.83. The van der Waals surface area contributed by atoms with Gasteiger partial charge in [-0.15, -0.1) is 5.10 Å². The molecule has 1 unspecified atom stereocenters. The van der Waals surface area contributed by atoms with Gasteiger partial charge in [-0.25, -0.2) is 9.48 Å². The molecule has 1 atom stereocenters. The minimum Gasteiger partial charge on any atom is -0.475 e. The summed E-state index contributed by atoms with van der Waals surface area (Å²) in [5.41, 5.74) is 9.18. The van der Waals surface area contributed by atoms with Gasteiger partial charge in [-0.2, -0.15) is 13.2 Å². The molecule has 32 heavy (non-hydrogen) atoms. The number of rotatable bonds is 3. The lowest BCUT2D eigenvalue weighted by Crippen LogP contribution is -2.43. The van der Waals surface area contributed by atoms with Crippen molar-refractivity contribution in [3.05, 3.63) is 47.3 Å². The number of amides is 1. The number of halogens is 3. The van der Waals surface area contributed by atoms with Gasteiger partial charge < -0.3 is 15.7 Å². The van der Waals surface area contributed by atoms with Gasteiger partial charge in [-0.05, 0) is 43.2 Å². The normalized spacial score (nSPS) is 19.0. The highest BCUT2D eigenvalue weighted by Crippen LogP contribution is 2.29. The minimum absolute atomic E-state index is 0.140. The quantitative estimate of drug-likeness (QED) is 0.737. The van der Waals surface area contributed by atoms with Crippen LogP contribution in [0.15, 0.2) is 30.5 Å². The van der Waals surface area contributed by atoms with Crippen LogP contribution in [0.1, 0.15) is 42.1 Å². The van der Waals surface area contributed by atoms with Crippen molar-refractivity contribution in [2.24, 2.45) is 11.7 Å². The summed E-state index contributed by atoms with van der Waals surface area (Å²) in [7, 11) is 0. The highest BCUT2D eigenvalue weighted by Gasteiger charge is 2.38. The maximum atomic E-state index is 12.9. The van der Waals surface area contributed by atoms with Gasteiger partial charge in [0.05, 0.1) is 17.9 Å². The molecule has 1 fully saturated rings. The first-order chi connectivity index (χ1) is 15.2. The third kappa shape index (κ3) is 5.84. The molecule has 2 aliphatic rings. The summed E-state index contributed by atoms with van der Waals surface area (Å²) in [6.45, 7) is 2.03. The number of aryl methyl sites for hydroxylation is 1. The fourth-order valence-electron chi connectivity index (χ4n) is 4.10. The van der Waals surface area contributed by atoms with Crippen LogP contribution in [0.3, 0.4) is 0 Å². The molecule has 1 aliphatic heterocycles. The second-order valence-electron chi connectivity index (χ2n) is 7.96. The third-order valence-electron chi connectivity index (χ3n) is 5.86. The Morgan fingerprint density at radius 1 is 1.12 bits per heavy atom. The van der Waals surface area contributed by atoms with Gasteiger partial charge in [-0.3, -0.25) is 4.79 Å². The molecule has 0 bridgehead atoms.